The molecular weight excluding hydrogens is 235 g/mol. The molecular formula is C9H12ClFN4O. The number of amides is 1. The maximum absolute atomic E-state index is 13.3. The van der Waals surface area contributed by atoms with Crippen molar-refractivity contribution in [3.05, 3.63) is 17.3 Å². The largest absolute Gasteiger partial charge is 0.359 e. The first-order valence-corrected chi connectivity index (χ1v) is 5.02. The average molecular weight is 247 g/mol. The Morgan fingerprint density at radius 1 is 1.69 bits per heavy atom. The Labute approximate surface area is 97.6 Å². The second kappa shape index (κ2) is 5.60. The van der Waals surface area contributed by atoms with Gasteiger partial charge in [-0.3, -0.25) is 4.79 Å². The van der Waals surface area contributed by atoms with Crippen molar-refractivity contribution in [3.63, 3.8) is 0 Å². The van der Waals surface area contributed by atoms with Crippen LogP contribution < -0.4 is 10.2 Å². The summed E-state index contributed by atoms with van der Waals surface area (Å²) < 4.78 is 13.3. The second-order valence-corrected chi connectivity index (χ2v) is 3.49. The van der Waals surface area contributed by atoms with Gasteiger partial charge in [0.05, 0.1) is 6.20 Å². The van der Waals surface area contributed by atoms with Gasteiger partial charge in [-0.2, -0.15) is 4.98 Å². The van der Waals surface area contributed by atoms with E-state index in [0.717, 1.165) is 6.20 Å². The van der Waals surface area contributed by atoms with Gasteiger partial charge in [-0.05, 0) is 11.6 Å². The van der Waals surface area contributed by atoms with Crippen LogP contribution >= 0.6 is 11.6 Å². The van der Waals surface area contributed by atoms with Crippen LogP contribution in [-0.2, 0) is 4.79 Å². The summed E-state index contributed by atoms with van der Waals surface area (Å²) in [6, 6.07) is 0. The van der Waals surface area contributed by atoms with E-state index in [0.29, 0.717) is 6.54 Å². The summed E-state index contributed by atoms with van der Waals surface area (Å²) >= 11 is 5.56. The van der Waals surface area contributed by atoms with Crippen molar-refractivity contribution >= 4 is 23.3 Å². The van der Waals surface area contributed by atoms with E-state index < -0.39 is 5.82 Å². The molecule has 1 aromatic heterocycles. The number of nitrogens with one attached hydrogen (secondary N) is 1. The van der Waals surface area contributed by atoms with Crippen LogP contribution in [0.4, 0.5) is 10.2 Å². The van der Waals surface area contributed by atoms with Crippen LogP contribution in [0.3, 0.4) is 0 Å². The fraction of sp³-hybridized carbons (Fsp3) is 0.444. The topological polar surface area (TPSA) is 58.1 Å². The lowest BCUT2D eigenvalue weighted by Gasteiger charge is -2.17. The highest BCUT2D eigenvalue weighted by molar-refractivity contribution is 6.28. The van der Waals surface area contributed by atoms with Crippen molar-refractivity contribution in [2.45, 2.75) is 6.42 Å². The fourth-order valence-electron chi connectivity index (χ4n) is 1.11. The average Bonchev–Trinajstić information content (AvgIpc) is 2.28. The van der Waals surface area contributed by atoms with Crippen molar-refractivity contribution in [1.82, 2.24) is 15.3 Å². The molecule has 88 valence electrons. The Hall–Kier alpha value is -1.43. The second-order valence-electron chi connectivity index (χ2n) is 3.16. The highest BCUT2D eigenvalue weighted by Gasteiger charge is 2.11. The van der Waals surface area contributed by atoms with Crippen LogP contribution in [0, 0.1) is 5.82 Å². The highest BCUT2D eigenvalue weighted by Crippen LogP contribution is 2.15. The van der Waals surface area contributed by atoms with E-state index in [2.05, 4.69) is 15.3 Å². The van der Waals surface area contributed by atoms with Crippen molar-refractivity contribution in [2.24, 2.45) is 0 Å². The molecule has 0 fully saturated rings. The Morgan fingerprint density at radius 3 is 3.00 bits per heavy atom. The van der Waals surface area contributed by atoms with Gasteiger partial charge >= 0.3 is 0 Å². The summed E-state index contributed by atoms with van der Waals surface area (Å²) in [6.07, 6.45) is 1.26. The third-order valence-electron chi connectivity index (χ3n) is 2.01. The molecule has 0 aliphatic rings. The first-order valence-electron chi connectivity index (χ1n) is 4.64. The van der Waals surface area contributed by atoms with E-state index in [1.807, 2.05) is 0 Å². The SMILES string of the molecule is CNC(=O)CCN(C)c1nc(Cl)ncc1F. The van der Waals surface area contributed by atoms with Crippen molar-refractivity contribution in [3.8, 4) is 0 Å². The van der Waals surface area contributed by atoms with E-state index >= 15 is 0 Å². The zero-order chi connectivity index (χ0) is 12.1. The molecule has 1 amide bonds. The van der Waals surface area contributed by atoms with Crippen LogP contribution in [0.2, 0.25) is 5.28 Å². The van der Waals surface area contributed by atoms with E-state index in [9.17, 15) is 9.18 Å². The van der Waals surface area contributed by atoms with Crippen molar-refractivity contribution in [1.29, 1.82) is 0 Å². The van der Waals surface area contributed by atoms with Gasteiger partial charge in [-0.25, -0.2) is 9.37 Å². The molecule has 0 aromatic carbocycles. The predicted molar refractivity (Wildman–Crippen MR) is 59.0 cm³/mol. The molecule has 16 heavy (non-hydrogen) atoms. The minimum Gasteiger partial charge on any atom is -0.359 e. The third-order valence-corrected chi connectivity index (χ3v) is 2.19. The number of aromatic nitrogens is 2. The van der Waals surface area contributed by atoms with Gasteiger partial charge in [0.15, 0.2) is 11.6 Å². The number of halogens is 2. The number of hydrogen-bond donors (Lipinski definition) is 1. The maximum Gasteiger partial charge on any atom is 0.224 e. The summed E-state index contributed by atoms with van der Waals surface area (Å²) in [5.41, 5.74) is 0. The van der Waals surface area contributed by atoms with Crippen LogP contribution in [0.25, 0.3) is 0 Å². The number of rotatable bonds is 4. The third kappa shape index (κ3) is 3.30. The van der Waals surface area contributed by atoms with Gasteiger partial charge in [0, 0.05) is 27.1 Å². The van der Waals surface area contributed by atoms with E-state index in [4.69, 9.17) is 11.6 Å². The summed E-state index contributed by atoms with van der Waals surface area (Å²) in [7, 11) is 3.18. The number of nitrogens with zero attached hydrogens (tertiary/aromatic N) is 3. The summed E-state index contributed by atoms with van der Waals surface area (Å²) in [5, 5.41) is 2.45. The van der Waals surface area contributed by atoms with Gasteiger partial charge in [0.1, 0.15) is 0 Å². The molecule has 0 saturated carbocycles. The van der Waals surface area contributed by atoms with E-state index in [1.54, 1.807) is 14.1 Å². The minimum atomic E-state index is -0.566. The monoisotopic (exact) mass is 246 g/mol. The quantitative estimate of drug-likeness (QED) is 0.800. The van der Waals surface area contributed by atoms with Gasteiger partial charge < -0.3 is 10.2 Å². The highest BCUT2D eigenvalue weighted by atomic mass is 35.5. The Kier molecular flexibility index (Phi) is 4.42. The predicted octanol–water partition coefficient (Wildman–Crippen LogP) is 0.841. The molecule has 0 unspecified atom stereocenters. The molecule has 0 aliphatic carbocycles. The zero-order valence-electron chi connectivity index (χ0n) is 9.00. The number of anilines is 1. The summed E-state index contributed by atoms with van der Waals surface area (Å²) in [6.45, 7) is 0.351. The first kappa shape index (κ1) is 12.6. The molecule has 0 saturated heterocycles. The molecule has 0 atom stereocenters. The molecule has 1 N–H and O–H groups in total. The zero-order valence-corrected chi connectivity index (χ0v) is 9.75. The van der Waals surface area contributed by atoms with Gasteiger partial charge in [0.2, 0.25) is 11.2 Å². The summed E-state index contributed by atoms with van der Waals surface area (Å²) in [4.78, 5) is 19.8. The Bertz CT molecular complexity index is 388. The molecule has 0 aliphatic heterocycles. The van der Waals surface area contributed by atoms with Crippen LogP contribution in [0.5, 0.6) is 0 Å². The normalized spacial score (nSPS) is 10.0. The molecule has 1 rings (SSSR count). The van der Waals surface area contributed by atoms with Gasteiger partial charge in [0.25, 0.3) is 0 Å². The van der Waals surface area contributed by atoms with Crippen LogP contribution in [0.1, 0.15) is 6.42 Å². The smallest absolute Gasteiger partial charge is 0.224 e. The van der Waals surface area contributed by atoms with Crippen LogP contribution in [0.15, 0.2) is 6.20 Å². The van der Waals surface area contributed by atoms with Crippen molar-refractivity contribution < 1.29 is 9.18 Å². The molecule has 0 spiro atoms. The lowest BCUT2D eigenvalue weighted by molar-refractivity contribution is -0.120. The first-order chi connectivity index (χ1) is 7.54. The molecule has 1 aromatic rings. The molecule has 5 nitrogen and oxygen atoms in total. The lowest BCUT2D eigenvalue weighted by atomic mass is 10.3. The van der Waals surface area contributed by atoms with Crippen molar-refractivity contribution in [2.75, 3.05) is 25.5 Å². The van der Waals surface area contributed by atoms with Gasteiger partial charge in [-0.15, -0.1) is 0 Å². The standard InChI is InChI=1S/C9H12ClFN4O/c1-12-7(16)3-4-15(2)8-6(11)5-13-9(10)14-8/h5H,3-4H2,1-2H3,(H,12,16). The van der Waals surface area contributed by atoms with Gasteiger partial charge in [-0.1, -0.05) is 0 Å². The van der Waals surface area contributed by atoms with E-state index in [1.165, 1.54) is 4.90 Å². The minimum absolute atomic E-state index is 0.0248. The molecule has 1 heterocycles. The molecule has 7 heteroatoms. The fourth-order valence-corrected chi connectivity index (χ4v) is 1.23. The Morgan fingerprint density at radius 2 is 2.38 bits per heavy atom. The maximum atomic E-state index is 13.3. The number of carbonyl (C=O) groups excluding carboxylic acids is 1. The number of carbonyl (C=O) groups is 1. The number of hydrogen-bond acceptors (Lipinski definition) is 4. The Balaban J connectivity index is 2.68. The van der Waals surface area contributed by atoms with E-state index in [-0.39, 0.29) is 23.4 Å². The lowest BCUT2D eigenvalue weighted by Crippen LogP contribution is -2.27. The van der Waals surface area contributed by atoms with Crippen LogP contribution in [-0.4, -0.2) is 36.5 Å². The summed E-state index contributed by atoms with van der Waals surface area (Å²) in [5.74, 6) is -0.597. The molecule has 0 radical (unpaired) electrons. The molecule has 0 bridgehead atoms.